The van der Waals surface area contributed by atoms with Gasteiger partial charge < -0.3 is 4.74 Å². The van der Waals surface area contributed by atoms with Crippen molar-refractivity contribution in [2.24, 2.45) is 0 Å². The molecule has 0 fully saturated rings. The predicted octanol–water partition coefficient (Wildman–Crippen LogP) is 5.51. The van der Waals surface area contributed by atoms with Gasteiger partial charge in [-0.1, -0.05) is 43.9 Å². The van der Waals surface area contributed by atoms with Crippen LogP contribution in [-0.4, -0.2) is 24.6 Å². The minimum atomic E-state index is -3.62. The van der Waals surface area contributed by atoms with Gasteiger partial charge in [0.1, 0.15) is 0 Å². The normalized spacial score (nSPS) is 12.5. The molecule has 0 amide bonds. The molecule has 2 rings (SSSR count). The summed E-state index contributed by atoms with van der Waals surface area (Å²) in [5.74, 6) is 0. The van der Waals surface area contributed by atoms with Crippen LogP contribution in [-0.2, 0) is 27.6 Å². The molecule has 5 heteroatoms. The van der Waals surface area contributed by atoms with Crippen molar-refractivity contribution in [1.82, 2.24) is 3.97 Å². The van der Waals surface area contributed by atoms with Crippen LogP contribution >= 0.6 is 0 Å². The lowest BCUT2D eigenvalue weighted by Crippen LogP contribution is -2.23. The Hall–Kier alpha value is -1.59. The van der Waals surface area contributed by atoms with Crippen LogP contribution in [0.5, 0.6) is 0 Å². The number of benzene rings is 1. The first kappa shape index (κ1) is 22.7. The fourth-order valence-electron chi connectivity index (χ4n) is 3.20. The minimum absolute atomic E-state index is 0.240. The molecule has 0 saturated carbocycles. The maximum atomic E-state index is 13.4. The molecule has 0 radical (unpaired) electrons. The number of unbranched alkanes of at least 4 members (excludes halogenated alkanes) is 3. The van der Waals surface area contributed by atoms with E-state index in [0.717, 1.165) is 42.6 Å². The number of ether oxygens (including phenoxy) is 1. The molecule has 28 heavy (non-hydrogen) atoms. The third kappa shape index (κ3) is 6.21. The van der Waals surface area contributed by atoms with E-state index in [9.17, 15) is 8.42 Å². The Morgan fingerprint density at radius 3 is 2.07 bits per heavy atom. The lowest BCUT2D eigenvalue weighted by atomic mass is 10.1. The van der Waals surface area contributed by atoms with Gasteiger partial charge in [-0.25, -0.2) is 12.4 Å². The van der Waals surface area contributed by atoms with Crippen LogP contribution in [0.25, 0.3) is 0 Å². The first-order valence-electron chi connectivity index (χ1n) is 10.3. The Morgan fingerprint density at radius 2 is 1.50 bits per heavy atom. The van der Waals surface area contributed by atoms with Crippen LogP contribution in [0.15, 0.2) is 41.3 Å². The zero-order valence-corrected chi connectivity index (χ0v) is 18.8. The molecule has 0 aliphatic heterocycles. The molecule has 0 bridgehead atoms. The molecule has 4 nitrogen and oxygen atoms in total. The average molecular weight is 406 g/mol. The highest BCUT2D eigenvalue weighted by molar-refractivity contribution is 7.90. The van der Waals surface area contributed by atoms with Gasteiger partial charge in [0.2, 0.25) is 0 Å². The fraction of sp³-hybridized carbons (Fsp3) is 0.565. The van der Waals surface area contributed by atoms with Crippen molar-refractivity contribution >= 4 is 10.0 Å². The second kappa shape index (κ2) is 9.75. The van der Waals surface area contributed by atoms with E-state index < -0.39 is 10.0 Å². The third-order valence-electron chi connectivity index (χ3n) is 4.73. The maximum absolute atomic E-state index is 13.4. The lowest BCUT2D eigenvalue weighted by molar-refractivity contribution is -0.00131. The summed E-state index contributed by atoms with van der Waals surface area (Å²) in [6, 6.07) is 11.0. The smallest absolute Gasteiger partial charge is 0.268 e. The second-order valence-electron chi connectivity index (χ2n) is 8.42. The zero-order chi connectivity index (χ0) is 20.8. The molecule has 0 aliphatic carbocycles. The molecule has 0 atom stereocenters. The van der Waals surface area contributed by atoms with E-state index in [-0.39, 0.29) is 5.60 Å². The molecular weight excluding hydrogens is 370 g/mol. The lowest BCUT2D eigenvalue weighted by Gasteiger charge is -2.20. The van der Waals surface area contributed by atoms with Gasteiger partial charge in [-0.15, -0.1) is 0 Å². The summed E-state index contributed by atoms with van der Waals surface area (Å²) in [5.41, 5.74) is 2.46. The minimum Gasteiger partial charge on any atom is -0.375 e. The second-order valence-corrected chi connectivity index (χ2v) is 10.2. The molecule has 0 unspecified atom stereocenters. The van der Waals surface area contributed by atoms with Crippen LogP contribution in [0.3, 0.4) is 0 Å². The summed E-state index contributed by atoms with van der Waals surface area (Å²) in [6.07, 6.45) is 5.80. The average Bonchev–Trinajstić information content (AvgIpc) is 3.01. The number of hydrogen-bond donors (Lipinski definition) is 0. The molecule has 1 aromatic carbocycles. The number of hydrogen-bond acceptors (Lipinski definition) is 3. The summed E-state index contributed by atoms with van der Waals surface area (Å²) in [5, 5.41) is 0. The van der Waals surface area contributed by atoms with E-state index in [4.69, 9.17) is 4.74 Å². The highest BCUT2D eigenvalue weighted by Gasteiger charge is 2.23. The molecule has 0 spiro atoms. The number of aromatic nitrogens is 1. The van der Waals surface area contributed by atoms with Crippen LogP contribution in [0, 0.1) is 6.92 Å². The van der Waals surface area contributed by atoms with Crippen molar-refractivity contribution in [1.29, 1.82) is 0 Å². The molecule has 0 saturated heterocycles. The molecular formula is C23H35NO3S. The summed E-state index contributed by atoms with van der Waals surface area (Å²) >= 11 is 0. The van der Waals surface area contributed by atoms with Crippen molar-refractivity contribution in [3.05, 3.63) is 53.3 Å². The van der Waals surface area contributed by atoms with Crippen molar-refractivity contribution in [3.8, 4) is 0 Å². The Balaban J connectivity index is 2.33. The molecule has 1 heterocycles. The van der Waals surface area contributed by atoms with E-state index in [0.29, 0.717) is 17.9 Å². The Labute approximate surface area is 171 Å². The standard InChI is InChI=1S/C23H35NO3S/c1-6-7-8-9-10-20-13-14-21(17-18-27-23(3,4)5)24(20)28(25,26)22-15-11-19(2)12-16-22/h11-16H,6-10,17-18H2,1-5H3. The molecule has 1 aromatic heterocycles. The molecule has 2 aromatic rings. The van der Waals surface area contributed by atoms with Gasteiger partial charge >= 0.3 is 0 Å². The highest BCUT2D eigenvalue weighted by Crippen LogP contribution is 2.23. The van der Waals surface area contributed by atoms with Crippen molar-refractivity contribution in [2.75, 3.05) is 6.61 Å². The van der Waals surface area contributed by atoms with Gasteiger partial charge in [-0.3, -0.25) is 0 Å². The predicted molar refractivity (Wildman–Crippen MR) is 115 cm³/mol. The van der Waals surface area contributed by atoms with Crippen LogP contribution in [0.4, 0.5) is 0 Å². The van der Waals surface area contributed by atoms with E-state index >= 15 is 0 Å². The summed E-state index contributed by atoms with van der Waals surface area (Å²) in [7, 11) is -3.62. The van der Waals surface area contributed by atoms with Crippen LogP contribution in [0.2, 0.25) is 0 Å². The third-order valence-corrected chi connectivity index (χ3v) is 6.55. The van der Waals surface area contributed by atoms with Crippen LogP contribution in [0.1, 0.15) is 70.3 Å². The van der Waals surface area contributed by atoms with Crippen molar-refractivity contribution < 1.29 is 13.2 Å². The van der Waals surface area contributed by atoms with Crippen molar-refractivity contribution in [3.63, 3.8) is 0 Å². The van der Waals surface area contributed by atoms with E-state index in [1.807, 2.05) is 52.0 Å². The van der Waals surface area contributed by atoms with Gasteiger partial charge in [-0.2, -0.15) is 0 Å². The summed E-state index contributed by atoms with van der Waals surface area (Å²) in [6.45, 7) is 10.7. The highest BCUT2D eigenvalue weighted by atomic mass is 32.2. The first-order valence-corrected chi connectivity index (χ1v) is 11.7. The van der Waals surface area contributed by atoms with Gasteiger partial charge in [-0.05, 0) is 64.8 Å². The number of rotatable bonds is 10. The Bertz CT molecular complexity index is 843. The number of nitrogens with zero attached hydrogens (tertiary/aromatic N) is 1. The topological polar surface area (TPSA) is 48.3 Å². The Morgan fingerprint density at radius 1 is 0.893 bits per heavy atom. The van der Waals surface area contributed by atoms with Crippen LogP contribution < -0.4 is 0 Å². The van der Waals surface area contributed by atoms with Gasteiger partial charge in [0.15, 0.2) is 0 Å². The maximum Gasteiger partial charge on any atom is 0.268 e. The van der Waals surface area contributed by atoms with E-state index in [1.165, 1.54) is 6.42 Å². The molecule has 0 aliphatic rings. The Kier molecular flexibility index (Phi) is 7.90. The molecule has 0 N–H and O–H groups in total. The van der Waals surface area contributed by atoms with Gasteiger partial charge in [0.25, 0.3) is 10.0 Å². The van der Waals surface area contributed by atoms with Gasteiger partial charge in [0.05, 0.1) is 17.1 Å². The monoisotopic (exact) mass is 405 g/mol. The van der Waals surface area contributed by atoms with E-state index in [2.05, 4.69) is 6.92 Å². The SMILES string of the molecule is CCCCCCc1ccc(CCOC(C)(C)C)n1S(=O)(=O)c1ccc(C)cc1. The first-order chi connectivity index (χ1) is 13.1. The molecule has 156 valence electrons. The van der Waals surface area contributed by atoms with Gasteiger partial charge in [0, 0.05) is 17.8 Å². The quantitative estimate of drug-likeness (QED) is 0.489. The summed E-state index contributed by atoms with van der Waals surface area (Å²) < 4.78 is 34.2. The largest absolute Gasteiger partial charge is 0.375 e. The number of aryl methyl sites for hydroxylation is 2. The fourth-order valence-corrected chi connectivity index (χ4v) is 4.81. The zero-order valence-electron chi connectivity index (χ0n) is 18.0. The van der Waals surface area contributed by atoms with E-state index in [1.54, 1.807) is 16.1 Å². The summed E-state index contributed by atoms with van der Waals surface area (Å²) in [4.78, 5) is 0.335. The van der Waals surface area contributed by atoms with Crippen molar-refractivity contribution in [2.45, 2.75) is 83.6 Å².